The molecule has 8 nitrogen and oxygen atoms in total. The van der Waals surface area contributed by atoms with Crippen LogP contribution >= 0.6 is 0 Å². The van der Waals surface area contributed by atoms with Crippen LogP contribution in [0.4, 0.5) is 5.69 Å². The zero-order chi connectivity index (χ0) is 16.9. The van der Waals surface area contributed by atoms with Gasteiger partial charge in [0, 0.05) is 0 Å². The van der Waals surface area contributed by atoms with Crippen molar-refractivity contribution in [3.63, 3.8) is 0 Å². The fourth-order valence-corrected chi connectivity index (χ4v) is 2.49. The predicted molar refractivity (Wildman–Crippen MR) is 79.6 cm³/mol. The standard InChI is InChI=1S/C13H18N2O6S/c1-4-21-12(16)8-15(22(14,18)19)10-5-6-11(9(2)7-10)13(17)20-3/h5-7H,4,8H2,1-3H3,(H2,14,18,19). The Balaban J connectivity index is 3.19. The van der Waals surface area contributed by atoms with Crippen LogP contribution in [0.5, 0.6) is 0 Å². The third-order valence-electron chi connectivity index (χ3n) is 2.79. The van der Waals surface area contributed by atoms with Crippen molar-refractivity contribution in [3.05, 3.63) is 29.3 Å². The van der Waals surface area contributed by atoms with Gasteiger partial charge in [-0.3, -0.25) is 4.79 Å². The van der Waals surface area contributed by atoms with E-state index in [1.165, 1.54) is 25.3 Å². The van der Waals surface area contributed by atoms with Gasteiger partial charge in [-0.2, -0.15) is 8.42 Å². The molecule has 1 aromatic rings. The summed E-state index contributed by atoms with van der Waals surface area (Å²) in [4.78, 5) is 23.0. The summed E-state index contributed by atoms with van der Waals surface area (Å²) in [6.07, 6.45) is 0. The maximum Gasteiger partial charge on any atom is 0.338 e. The minimum Gasteiger partial charge on any atom is -0.465 e. The van der Waals surface area contributed by atoms with Crippen LogP contribution in [0.3, 0.4) is 0 Å². The Bertz CT molecular complexity index is 671. The van der Waals surface area contributed by atoms with Gasteiger partial charge < -0.3 is 9.47 Å². The highest BCUT2D eigenvalue weighted by molar-refractivity contribution is 7.90. The minimum atomic E-state index is -4.17. The van der Waals surface area contributed by atoms with Crippen molar-refractivity contribution >= 4 is 27.8 Å². The molecule has 0 aromatic heterocycles. The van der Waals surface area contributed by atoms with Gasteiger partial charge in [-0.05, 0) is 37.6 Å². The number of esters is 2. The first kappa shape index (κ1) is 17.9. The van der Waals surface area contributed by atoms with E-state index in [0.29, 0.717) is 9.87 Å². The zero-order valence-corrected chi connectivity index (χ0v) is 13.3. The molecule has 122 valence electrons. The Morgan fingerprint density at radius 3 is 2.41 bits per heavy atom. The highest BCUT2D eigenvalue weighted by Gasteiger charge is 2.23. The van der Waals surface area contributed by atoms with Crippen LogP contribution in [0.15, 0.2) is 18.2 Å². The van der Waals surface area contributed by atoms with Crippen molar-refractivity contribution in [3.8, 4) is 0 Å². The van der Waals surface area contributed by atoms with Crippen LogP contribution in [-0.2, 0) is 24.5 Å². The molecule has 0 spiro atoms. The molecule has 2 N–H and O–H groups in total. The van der Waals surface area contributed by atoms with Gasteiger partial charge in [-0.1, -0.05) is 0 Å². The summed E-state index contributed by atoms with van der Waals surface area (Å²) >= 11 is 0. The van der Waals surface area contributed by atoms with E-state index in [-0.39, 0.29) is 17.9 Å². The predicted octanol–water partition coefficient (Wildman–Crippen LogP) is 0.355. The molecule has 0 aliphatic rings. The second-order valence-corrected chi connectivity index (χ2v) is 5.82. The Morgan fingerprint density at radius 1 is 1.32 bits per heavy atom. The van der Waals surface area contributed by atoms with E-state index < -0.39 is 28.7 Å². The van der Waals surface area contributed by atoms with E-state index >= 15 is 0 Å². The van der Waals surface area contributed by atoms with Crippen LogP contribution in [-0.4, -0.2) is 40.6 Å². The van der Waals surface area contributed by atoms with Crippen LogP contribution < -0.4 is 9.44 Å². The molecule has 0 bridgehead atoms. The summed E-state index contributed by atoms with van der Waals surface area (Å²) in [7, 11) is -2.93. The lowest BCUT2D eigenvalue weighted by Gasteiger charge is -2.21. The van der Waals surface area contributed by atoms with Gasteiger partial charge >= 0.3 is 11.9 Å². The highest BCUT2D eigenvalue weighted by atomic mass is 32.2. The van der Waals surface area contributed by atoms with Gasteiger partial charge in [0.25, 0.3) is 10.2 Å². The monoisotopic (exact) mass is 330 g/mol. The molecule has 0 radical (unpaired) electrons. The van der Waals surface area contributed by atoms with E-state index in [9.17, 15) is 18.0 Å². The average molecular weight is 330 g/mol. The fourth-order valence-electron chi connectivity index (χ4n) is 1.79. The van der Waals surface area contributed by atoms with E-state index in [4.69, 9.17) is 9.88 Å². The Hall–Kier alpha value is -2.13. The van der Waals surface area contributed by atoms with Crippen LogP contribution in [0, 0.1) is 6.92 Å². The summed E-state index contributed by atoms with van der Waals surface area (Å²) in [5.41, 5.74) is 0.930. The molecule has 0 fully saturated rings. The quantitative estimate of drug-likeness (QED) is 0.753. The van der Waals surface area contributed by atoms with Crippen molar-refractivity contribution in [1.29, 1.82) is 0 Å². The van der Waals surface area contributed by atoms with Gasteiger partial charge in [0.15, 0.2) is 0 Å². The van der Waals surface area contributed by atoms with Gasteiger partial charge in [0.1, 0.15) is 6.54 Å². The molecule has 0 amide bonds. The molecule has 0 aliphatic heterocycles. The SMILES string of the molecule is CCOC(=O)CN(c1ccc(C(=O)OC)c(C)c1)S(N)(=O)=O. The number of ether oxygens (including phenoxy) is 2. The number of nitrogens with two attached hydrogens (primary N) is 1. The largest absolute Gasteiger partial charge is 0.465 e. The number of aryl methyl sites for hydroxylation is 1. The summed E-state index contributed by atoms with van der Waals surface area (Å²) in [5, 5.41) is 5.13. The number of benzene rings is 1. The summed E-state index contributed by atoms with van der Waals surface area (Å²) in [5.74, 6) is -1.28. The highest BCUT2D eigenvalue weighted by Crippen LogP contribution is 2.21. The number of carbonyl (C=O) groups excluding carboxylic acids is 2. The molecule has 0 atom stereocenters. The second-order valence-electron chi connectivity index (χ2n) is 4.35. The number of nitrogens with zero attached hydrogens (tertiary/aromatic N) is 1. The Labute approximate surface area is 129 Å². The van der Waals surface area contributed by atoms with Gasteiger partial charge in [-0.25, -0.2) is 14.2 Å². The lowest BCUT2D eigenvalue weighted by atomic mass is 10.1. The van der Waals surface area contributed by atoms with E-state index in [0.717, 1.165) is 0 Å². The zero-order valence-electron chi connectivity index (χ0n) is 12.5. The molecule has 0 heterocycles. The normalized spacial score (nSPS) is 10.9. The molecule has 0 saturated heterocycles. The van der Waals surface area contributed by atoms with Gasteiger partial charge in [0.2, 0.25) is 0 Å². The van der Waals surface area contributed by atoms with E-state index in [1.807, 2.05) is 0 Å². The van der Waals surface area contributed by atoms with Crippen molar-refractivity contribution < 1.29 is 27.5 Å². The molecule has 22 heavy (non-hydrogen) atoms. The molecule has 0 saturated carbocycles. The number of anilines is 1. The molecule has 9 heteroatoms. The number of methoxy groups -OCH3 is 1. The Kier molecular flexibility index (Phi) is 5.89. The molecule has 0 unspecified atom stereocenters. The first-order chi connectivity index (χ1) is 10.2. The molecular formula is C13H18N2O6S. The molecular weight excluding hydrogens is 312 g/mol. The third-order valence-corrected chi connectivity index (χ3v) is 3.74. The smallest absolute Gasteiger partial charge is 0.338 e. The van der Waals surface area contributed by atoms with Crippen molar-refractivity contribution in [2.75, 3.05) is 24.6 Å². The minimum absolute atomic E-state index is 0.123. The van der Waals surface area contributed by atoms with Crippen molar-refractivity contribution in [1.82, 2.24) is 0 Å². The maximum absolute atomic E-state index is 11.7. The number of rotatable bonds is 6. The summed E-state index contributed by atoms with van der Waals surface area (Å²) in [6, 6.07) is 4.19. The second kappa shape index (κ2) is 7.23. The topological polar surface area (TPSA) is 116 Å². The van der Waals surface area contributed by atoms with E-state index in [2.05, 4.69) is 4.74 Å². The van der Waals surface area contributed by atoms with Gasteiger partial charge in [-0.15, -0.1) is 0 Å². The average Bonchev–Trinajstić information content (AvgIpc) is 2.43. The molecule has 1 aromatic carbocycles. The van der Waals surface area contributed by atoms with Crippen LogP contribution in [0.2, 0.25) is 0 Å². The van der Waals surface area contributed by atoms with Gasteiger partial charge in [0.05, 0.1) is 25.0 Å². The lowest BCUT2D eigenvalue weighted by molar-refractivity contribution is -0.141. The van der Waals surface area contributed by atoms with Crippen molar-refractivity contribution in [2.24, 2.45) is 5.14 Å². The summed E-state index contributed by atoms with van der Waals surface area (Å²) in [6.45, 7) is 2.79. The number of hydrogen-bond donors (Lipinski definition) is 1. The molecule has 0 aliphatic carbocycles. The molecule has 1 rings (SSSR count). The Morgan fingerprint density at radius 2 is 1.95 bits per heavy atom. The van der Waals surface area contributed by atoms with E-state index in [1.54, 1.807) is 13.8 Å². The third kappa shape index (κ3) is 4.43. The van der Waals surface area contributed by atoms with Crippen LogP contribution in [0.1, 0.15) is 22.8 Å². The maximum atomic E-state index is 11.7. The van der Waals surface area contributed by atoms with Crippen LogP contribution in [0.25, 0.3) is 0 Å². The summed E-state index contributed by atoms with van der Waals surface area (Å²) < 4.78 is 33.4. The first-order valence-corrected chi connectivity index (χ1v) is 7.86. The number of hydrogen-bond acceptors (Lipinski definition) is 6. The lowest BCUT2D eigenvalue weighted by Crippen LogP contribution is -2.41. The number of carbonyl (C=O) groups is 2. The van der Waals surface area contributed by atoms with Crippen molar-refractivity contribution in [2.45, 2.75) is 13.8 Å². The first-order valence-electron chi connectivity index (χ1n) is 6.35. The fraction of sp³-hybridized carbons (Fsp3) is 0.385.